The number of halogens is 2. The largest absolute Gasteiger partial charge is 0.272 e. The number of carbonyl (C=O) groups excluding carboxylic acids is 1. The van der Waals surface area contributed by atoms with Gasteiger partial charge in [0.15, 0.2) is 0 Å². The fourth-order valence-electron chi connectivity index (χ4n) is 3.14. The van der Waals surface area contributed by atoms with Crippen molar-refractivity contribution in [3.63, 3.8) is 0 Å². The molecular formula is C15H16F2N4O. The van der Waals surface area contributed by atoms with Gasteiger partial charge in [0.05, 0.1) is 11.6 Å². The molecule has 0 spiro atoms. The van der Waals surface area contributed by atoms with Crippen LogP contribution in [0.15, 0.2) is 18.5 Å². The molecule has 3 heterocycles. The highest BCUT2D eigenvalue weighted by Gasteiger charge is 2.62. The van der Waals surface area contributed by atoms with Gasteiger partial charge in [0, 0.05) is 32.4 Å². The summed E-state index contributed by atoms with van der Waals surface area (Å²) in [5.41, 5.74) is -0.615. The monoisotopic (exact) mass is 306 g/mol. The van der Waals surface area contributed by atoms with E-state index in [1.54, 1.807) is 17.3 Å². The number of nitrogens with zero attached hydrogens (tertiary/aromatic N) is 4. The van der Waals surface area contributed by atoms with E-state index in [2.05, 4.69) is 4.98 Å². The Labute approximate surface area is 127 Å². The molecule has 22 heavy (non-hydrogen) atoms. The number of hydrogen-bond donors (Lipinski definition) is 0. The van der Waals surface area contributed by atoms with Gasteiger partial charge in [0.1, 0.15) is 11.5 Å². The van der Waals surface area contributed by atoms with Crippen LogP contribution in [0.2, 0.25) is 0 Å². The van der Waals surface area contributed by atoms with E-state index in [4.69, 9.17) is 5.26 Å². The quantitative estimate of drug-likeness (QED) is 0.839. The number of hydrazine groups is 1. The smallest absolute Gasteiger partial charge is 0.260 e. The van der Waals surface area contributed by atoms with Gasteiger partial charge in [-0.15, -0.1) is 0 Å². The van der Waals surface area contributed by atoms with Gasteiger partial charge in [-0.25, -0.2) is 13.8 Å². The zero-order valence-corrected chi connectivity index (χ0v) is 12.4. The maximum absolute atomic E-state index is 13.9. The van der Waals surface area contributed by atoms with Crippen LogP contribution in [-0.2, 0) is 4.79 Å². The maximum Gasteiger partial charge on any atom is 0.260 e. The van der Waals surface area contributed by atoms with Crippen molar-refractivity contribution >= 4 is 5.91 Å². The predicted molar refractivity (Wildman–Crippen MR) is 73.5 cm³/mol. The number of aromatic nitrogens is 1. The molecule has 0 aromatic carbocycles. The Bertz CT molecular complexity index is 666. The Morgan fingerprint density at radius 2 is 2.23 bits per heavy atom. The number of nitriles is 1. The van der Waals surface area contributed by atoms with Crippen molar-refractivity contribution in [3.8, 4) is 6.07 Å². The highest BCUT2D eigenvalue weighted by molar-refractivity contribution is 5.86. The lowest BCUT2D eigenvalue weighted by Crippen LogP contribution is -2.45. The summed E-state index contributed by atoms with van der Waals surface area (Å²) in [5, 5.41) is 12.1. The number of pyridine rings is 1. The number of carbonyl (C=O) groups is 1. The van der Waals surface area contributed by atoms with E-state index < -0.39 is 17.2 Å². The van der Waals surface area contributed by atoms with E-state index in [0.717, 1.165) is 6.92 Å². The lowest BCUT2D eigenvalue weighted by Gasteiger charge is -2.29. The third kappa shape index (κ3) is 1.98. The topological polar surface area (TPSA) is 60.2 Å². The molecule has 1 amide bonds. The zero-order valence-electron chi connectivity index (χ0n) is 12.4. The zero-order chi connectivity index (χ0) is 16.1. The molecule has 5 nitrogen and oxygen atoms in total. The molecule has 2 atom stereocenters. The first kappa shape index (κ1) is 14.9. The van der Waals surface area contributed by atoms with Crippen molar-refractivity contribution in [1.29, 1.82) is 5.26 Å². The molecule has 7 heteroatoms. The summed E-state index contributed by atoms with van der Waals surface area (Å²) in [6.45, 7) is 2.66. The van der Waals surface area contributed by atoms with Crippen LogP contribution < -0.4 is 0 Å². The summed E-state index contributed by atoms with van der Waals surface area (Å²) in [6, 6.07) is 3.33. The average molecular weight is 306 g/mol. The molecule has 2 saturated heterocycles. The average Bonchev–Trinajstić information content (AvgIpc) is 2.98. The summed E-state index contributed by atoms with van der Waals surface area (Å²) in [6.07, 6.45) is 3.67. The minimum Gasteiger partial charge on any atom is -0.272 e. The highest BCUT2D eigenvalue weighted by atomic mass is 19.3. The minimum atomic E-state index is -3.09. The molecule has 0 aliphatic carbocycles. The number of fused-ring (bicyclic) bond motifs is 1. The van der Waals surface area contributed by atoms with Gasteiger partial charge in [-0.05, 0) is 25.0 Å². The first-order chi connectivity index (χ1) is 10.3. The van der Waals surface area contributed by atoms with Crippen molar-refractivity contribution in [2.75, 3.05) is 13.1 Å². The molecule has 1 aromatic rings. The third-order valence-electron chi connectivity index (χ3n) is 4.68. The molecule has 0 saturated carbocycles. The fraction of sp³-hybridized carbons (Fsp3) is 0.533. The van der Waals surface area contributed by atoms with Gasteiger partial charge in [0.2, 0.25) is 0 Å². The van der Waals surface area contributed by atoms with E-state index in [1.165, 1.54) is 18.1 Å². The van der Waals surface area contributed by atoms with E-state index in [9.17, 15) is 13.6 Å². The summed E-state index contributed by atoms with van der Waals surface area (Å²) in [5.74, 6) is -3.66. The van der Waals surface area contributed by atoms with Gasteiger partial charge in [-0.3, -0.25) is 14.8 Å². The van der Waals surface area contributed by atoms with E-state index in [-0.39, 0.29) is 12.6 Å². The van der Waals surface area contributed by atoms with Gasteiger partial charge in [0.25, 0.3) is 11.8 Å². The van der Waals surface area contributed by atoms with Gasteiger partial charge < -0.3 is 0 Å². The number of rotatable bonds is 2. The Hall–Kier alpha value is -2.07. The van der Waals surface area contributed by atoms with Crippen LogP contribution in [-0.4, -0.2) is 39.9 Å². The molecule has 1 unspecified atom stereocenters. The maximum atomic E-state index is 13.9. The molecule has 116 valence electrons. The third-order valence-corrected chi connectivity index (χ3v) is 4.68. The number of alkyl halides is 2. The fourth-order valence-corrected chi connectivity index (χ4v) is 3.14. The Kier molecular flexibility index (Phi) is 3.18. The second-order valence-corrected chi connectivity index (χ2v) is 6.18. The molecule has 0 radical (unpaired) electrons. The van der Waals surface area contributed by atoms with Crippen molar-refractivity contribution in [2.24, 2.45) is 5.41 Å². The molecule has 2 aliphatic heterocycles. The molecule has 2 fully saturated rings. The van der Waals surface area contributed by atoms with Crippen molar-refractivity contribution in [3.05, 3.63) is 29.6 Å². The summed E-state index contributed by atoms with van der Waals surface area (Å²) >= 11 is 0. The van der Waals surface area contributed by atoms with E-state index >= 15 is 0 Å². The second-order valence-electron chi connectivity index (χ2n) is 6.18. The Balaban J connectivity index is 1.95. The Morgan fingerprint density at radius 3 is 2.86 bits per heavy atom. The molecule has 3 rings (SSSR count). The van der Waals surface area contributed by atoms with E-state index in [1.807, 2.05) is 6.07 Å². The SMILES string of the molecule is CC(F)(F)C1(C)CN2CC[C@@H](c3cncc(C#N)c3)N2C1=O. The molecule has 0 N–H and O–H groups in total. The molecule has 1 aromatic heterocycles. The molecule has 0 bridgehead atoms. The number of hydrogen-bond acceptors (Lipinski definition) is 4. The minimum absolute atomic E-state index is 0.0111. The number of amides is 1. The first-order valence-corrected chi connectivity index (χ1v) is 7.09. The van der Waals surface area contributed by atoms with Crippen LogP contribution in [0.5, 0.6) is 0 Å². The normalized spacial score (nSPS) is 28.8. The lowest BCUT2D eigenvalue weighted by molar-refractivity contribution is -0.156. The summed E-state index contributed by atoms with van der Waals surface area (Å²) in [4.78, 5) is 16.6. The van der Waals surface area contributed by atoms with Crippen LogP contribution in [0.25, 0.3) is 0 Å². The van der Waals surface area contributed by atoms with Crippen LogP contribution in [0.3, 0.4) is 0 Å². The first-order valence-electron chi connectivity index (χ1n) is 7.09. The van der Waals surface area contributed by atoms with Gasteiger partial charge in [-0.2, -0.15) is 5.26 Å². The van der Waals surface area contributed by atoms with Crippen LogP contribution in [0.4, 0.5) is 8.78 Å². The Morgan fingerprint density at radius 1 is 1.50 bits per heavy atom. The van der Waals surface area contributed by atoms with Crippen molar-refractivity contribution < 1.29 is 13.6 Å². The standard InChI is InChI=1S/C15H16F2N4O/c1-14(15(2,16)17)9-20-4-3-12(21(20)13(14)22)11-5-10(6-18)7-19-8-11/h5,7-8,12H,3-4,9H2,1-2H3/t12-,14?/m0/s1. The van der Waals surface area contributed by atoms with Crippen molar-refractivity contribution in [1.82, 2.24) is 15.0 Å². The van der Waals surface area contributed by atoms with Crippen LogP contribution in [0, 0.1) is 16.7 Å². The van der Waals surface area contributed by atoms with Gasteiger partial charge >= 0.3 is 0 Å². The molecular weight excluding hydrogens is 290 g/mol. The summed E-state index contributed by atoms with van der Waals surface area (Å²) < 4.78 is 27.8. The van der Waals surface area contributed by atoms with Crippen molar-refractivity contribution in [2.45, 2.75) is 32.2 Å². The second kappa shape index (κ2) is 4.71. The summed E-state index contributed by atoms with van der Waals surface area (Å²) in [7, 11) is 0. The van der Waals surface area contributed by atoms with Crippen LogP contribution >= 0.6 is 0 Å². The van der Waals surface area contributed by atoms with E-state index in [0.29, 0.717) is 24.1 Å². The van der Waals surface area contributed by atoms with Gasteiger partial charge in [-0.1, -0.05) is 0 Å². The van der Waals surface area contributed by atoms with Crippen LogP contribution in [0.1, 0.15) is 37.4 Å². The predicted octanol–water partition coefficient (Wildman–Crippen LogP) is 2.12. The highest BCUT2D eigenvalue weighted by Crippen LogP contribution is 2.48. The molecule has 2 aliphatic rings. The lowest BCUT2D eigenvalue weighted by atomic mass is 9.83.